The normalized spacial score (nSPS) is 28.1. The van der Waals surface area contributed by atoms with Gasteiger partial charge in [0.05, 0.1) is 6.54 Å². The van der Waals surface area contributed by atoms with Crippen molar-refractivity contribution in [3.8, 4) is 0 Å². The summed E-state index contributed by atoms with van der Waals surface area (Å²) in [5.74, 6) is 0.785. The number of Topliss-reactive ketones (excluding diaryl/α,β-unsaturated/α-hetero) is 1. The van der Waals surface area contributed by atoms with Gasteiger partial charge in [-0.2, -0.15) is 0 Å². The molecule has 0 radical (unpaired) electrons. The highest BCUT2D eigenvalue weighted by atomic mass is 16.5. The minimum atomic E-state index is -0.676. The van der Waals surface area contributed by atoms with Crippen molar-refractivity contribution >= 4 is 11.7 Å². The zero-order chi connectivity index (χ0) is 9.19. The fraction of sp³-hybridized carbons (Fsp3) is 0.778. The first-order chi connectivity index (χ1) is 5.58. The predicted octanol–water partition coefficient (Wildman–Crippen LogP) is 1.56. The molecule has 0 aromatic carbocycles. The Kier molecular flexibility index (Phi) is 2.50. The molecule has 0 aliphatic carbocycles. The maximum atomic E-state index is 11.1. The monoisotopic (exact) mass is 169 g/mol. The minimum Gasteiger partial charge on any atom is -0.465 e. The average molecular weight is 169 g/mol. The van der Waals surface area contributed by atoms with E-state index in [-0.39, 0.29) is 5.78 Å². The molecule has 0 aromatic rings. The average Bonchev–Trinajstić information content (AvgIpc) is 2.34. The summed E-state index contributed by atoms with van der Waals surface area (Å²) < 4.78 is 5.45. The maximum absolute atomic E-state index is 11.1. The second-order valence-electron chi connectivity index (χ2n) is 3.35. The van der Waals surface area contributed by atoms with E-state index in [1.807, 2.05) is 0 Å². The van der Waals surface area contributed by atoms with E-state index < -0.39 is 5.60 Å². The third kappa shape index (κ3) is 1.65. The van der Waals surface area contributed by atoms with E-state index >= 15 is 0 Å². The molecular formula is C9H15NO2. The van der Waals surface area contributed by atoms with Crippen LogP contribution in [0.25, 0.3) is 0 Å². The van der Waals surface area contributed by atoms with Crippen LogP contribution in [-0.4, -0.2) is 23.8 Å². The van der Waals surface area contributed by atoms with Crippen LogP contribution >= 0.6 is 0 Å². The Balaban J connectivity index is 2.55. The molecule has 0 spiro atoms. The lowest BCUT2D eigenvalue weighted by Gasteiger charge is -2.19. The molecule has 1 aliphatic rings. The predicted molar refractivity (Wildman–Crippen MR) is 47.4 cm³/mol. The molecule has 1 unspecified atom stereocenters. The molecule has 3 nitrogen and oxygen atoms in total. The van der Waals surface area contributed by atoms with Crippen LogP contribution in [0, 0.1) is 0 Å². The van der Waals surface area contributed by atoms with E-state index in [9.17, 15) is 4.79 Å². The van der Waals surface area contributed by atoms with E-state index in [0.29, 0.717) is 6.54 Å². The molecule has 1 atom stereocenters. The zero-order valence-corrected chi connectivity index (χ0v) is 7.89. The van der Waals surface area contributed by atoms with Gasteiger partial charge in [-0.1, -0.05) is 6.92 Å². The van der Waals surface area contributed by atoms with Gasteiger partial charge < -0.3 is 4.74 Å². The Labute approximate surface area is 72.8 Å². The molecule has 0 fully saturated rings. The standard InChI is InChI=1S/C9H15NO2/c1-4-5-8-10-6-9(3,12-8)7(2)11/h4-6H2,1-3H3. The van der Waals surface area contributed by atoms with Crippen LogP contribution in [0.1, 0.15) is 33.6 Å². The van der Waals surface area contributed by atoms with Crippen molar-refractivity contribution in [3.05, 3.63) is 0 Å². The fourth-order valence-corrected chi connectivity index (χ4v) is 1.09. The van der Waals surface area contributed by atoms with E-state index in [1.54, 1.807) is 13.8 Å². The number of carbonyl (C=O) groups is 1. The third-order valence-electron chi connectivity index (χ3n) is 2.11. The van der Waals surface area contributed by atoms with Gasteiger partial charge in [0.1, 0.15) is 0 Å². The van der Waals surface area contributed by atoms with Crippen LogP contribution in [0.3, 0.4) is 0 Å². The largest absolute Gasteiger partial charge is 0.465 e. The van der Waals surface area contributed by atoms with Crippen LogP contribution in [0.5, 0.6) is 0 Å². The van der Waals surface area contributed by atoms with Gasteiger partial charge in [-0.3, -0.25) is 9.79 Å². The Morgan fingerprint density at radius 2 is 2.42 bits per heavy atom. The molecule has 0 bridgehead atoms. The van der Waals surface area contributed by atoms with Crippen LogP contribution in [0.2, 0.25) is 0 Å². The lowest BCUT2D eigenvalue weighted by molar-refractivity contribution is -0.129. The summed E-state index contributed by atoms with van der Waals surface area (Å²) in [5.41, 5.74) is -0.676. The van der Waals surface area contributed by atoms with Gasteiger partial charge in [0, 0.05) is 6.42 Å². The van der Waals surface area contributed by atoms with Gasteiger partial charge >= 0.3 is 0 Å². The minimum absolute atomic E-state index is 0.0531. The van der Waals surface area contributed by atoms with Crippen molar-refractivity contribution in [3.63, 3.8) is 0 Å². The van der Waals surface area contributed by atoms with Gasteiger partial charge in [-0.05, 0) is 20.3 Å². The molecule has 1 aliphatic heterocycles. The highest BCUT2D eigenvalue weighted by Crippen LogP contribution is 2.20. The van der Waals surface area contributed by atoms with Gasteiger partial charge in [0.15, 0.2) is 17.3 Å². The molecule has 0 amide bonds. The highest BCUT2D eigenvalue weighted by Gasteiger charge is 2.37. The number of ether oxygens (including phenoxy) is 1. The Hall–Kier alpha value is -0.860. The lowest BCUT2D eigenvalue weighted by Crippen LogP contribution is -2.37. The summed E-state index contributed by atoms with van der Waals surface area (Å²) in [7, 11) is 0. The van der Waals surface area contributed by atoms with E-state index in [4.69, 9.17) is 4.74 Å². The van der Waals surface area contributed by atoms with Crippen LogP contribution < -0.4 is 0 Å². The first kappa shape index (κ1) is 9.23. The van der Waals surface area contributed by atoms with E-state index in [0.717, 1.165) is 18.7 Å². The maximum Gasteiger partial charge on any atom is 0.184 e. The van der Waals surface area contributed by atoms with E-state index in [1.165, 1.54) is 0 Å². The number of hydrogen-bond acceptors (Lipinski definition) is 3. The molecule has 0 aromatic heterocycles. The van der Waals surface area contributed by atoms with Crippen molar-refractivity contribution in [2.75, 3.05) is 6.54 Å². The van der Waals surface area contributed by atoms with Crippen molar-refractivity contribution in [2.24, 2.45) is 4.99 Å². The van der Waals surface area contributed by atoms with Crippen LogP contribution in [-0.2, 0) is 9.53 Å². The molecule has 12 heavy (non-hydrogen) atoms. The summed E-state index contributed by atoms with van der Waals surface area (Å²) in [6.45, 7) is 5.89. The molecule has 0 saturated heterocycles. The number of rotatable bonds is 3. The first-order valence-corrected chi connectivity index (χ1v) is 4.32. The second kappa shape index (κ2) is 3.25. The van der Waals surface area contributed by atoms with E-state index in [2.05, 4.69) is 11.9 Å². The molecule has 0 saturated carbocycles. The second-order valence-corrected chi connectivity index (χ2v) is 3.35. The molecule has 3 heteroatoms. The number of nitrogens with zero attached hydrogens (tertiary/aromatic N) is 1. The smallest absolute Gasteiger partial charge is 0.184 e. The summed E-state index contributed by atoms with van der Waals surface area (Å²) in [4.78, 5) is 15.3. The number of hydrogen-bond donors (Lipinski definition) is 0. The lowest BCUT2D eigenvalue weighted by atomic mass is 10.0. The number of carbonyl (C=O) groups excluding carboxylic acids is 1. The van der Waals surface area contributed by atoms with Crippen molar-refractivity contribution in [2.45, 2.75) is 39.2 Å². The SMILES string of the molecule is CCCC1=NCC(C)(C(C)=O)O1. The van der Waals surface area contributed by atoms with Crippen molar-refractivity contribution in [1.29, 1.82) is 0 Å². The fourth-order valence-electron chi connectivity index (χ4n) is 1.09. The topological polar surface area (TPSA) is 38.7 Å². The van der Waals surface area contributed by atoms with Crippen molar-refractivity contribution in [1.82, 2.24) is 0 Å². The van der Waals surface area contributed by atoms with Crippen LogP contribution in [0.4, 0.5) is 0 Å². The summed E-state index contributed by atoms with van der Waals surface area (Å²) in [5, 5.41) is 0. The van der Waals surface area contributed by atoms with Gasteiger partial charge in [0.2, 0.25) is 0 Å². The van der Waals surface area contributed by atoms with Gasteiger partial charge in [-0.25, -0.2) is 0 Å². The quantitative estimate of drug-likeness (QED) is 0.643. The first-order valence-electron chi connectivity index (χ1n) is 4.32. The van der Waals surface area contributed by atoms with Gasteiger partial charge in [0.25, 0.3) is 0 Å². The Morgan fingerprint density at radius 1 is 1.75 bits per heavy atom. The Morgan fingerprint density at radius 3 is 2.83 bits per heavy atom. The van der Waals surface area contributed by atoms with Gasteiger partial charge in [-0.15, -0.1) is 0 Å². The molecule has 0 N–H and O–H groups in total. The molecule has 68 valence electrons. The molecule has 1 heterocycles. The number of ketones is 1. The Bertz CT molecular complexity index is 223. The molecule has 1 rings (SSSR count). The molecular weight excluding hydrogens is 154 g/mol. The highest BCUT2D eigenvalue weighted by molar-refractivity contribution is 5.91. The summed E-state index contributed by atoms with van der Waals surface area (Å²) in [6, 6.07) is 0. The van der Waals surface area contributed by atoms with Crippen LogP contribution in [0.15, 0.2) is 4.99 Å². The summed E-state index contributed by atoms with van der Waals surface area (Å²) in [6.07, 6.45) is 1.84. The zero-order valence-electron chi connectivity index (χ0n) is 7.89. The van der Waals surface area contributed by atoms with Crippen molar-refractivity contribution < 1.29 is 9.53 Å². The summed E-state index contributed by atoms with van der Waals surface area (Å²) >= 11 is 0. The third-order valence-corrected chi connectivity index (χ3v) is 2.11. The number of aliphatic imine (C=N–C) groups is 1.